The van der Waals surface area contributed by atoms with Crippen LogP contribution in [-0.2, 0) is 0 Å². The normalized spacial score (nSPS) is 15.9. The van der Waals surface area contributed by atoms with Crippen molar-refractivity contribution in [3.63, 3.8) is 0 Å². The fourth-order valence-corrected chi connectivity index (χ4v) is 6.18. The van der Waals surface area contributed by atoms with Gasteiger partial charge in [-0.05, 0) is 60.7 Å². The summed E-state index contributed by atoms with van der Waals surface area (Å²) >= 11 is 1.58. The number of aromatic nitrogens is 3. The Morgan fingerprint density at radius 3 is 2.36 bits per heavy atom. The first-order valence-electron chi connectivity index (χ1n) is 15.3. The number of alkyl halides is 3. The number of nitrogens with zero attached hydrogens (tertiary/aromatic N) is 5. The highest BCUT2D eigenvalue weighted by Crippen LogP contribution is 2.35. The number of hydrogen-bond donors (Lipinski definition) is 1. The molecule has 0 radical (unpaired) electrons. The number of urea groups is 1. The Kier molecular flexibility index (Phi) is 10.4. The monoisotopic (exact) mass is 666 g/mol. The summed E-state index contributed by atoms with van der Waals surface area (Å²) in [5, 5.41) is 8.19. The van der Waals surface area contributed by atoms with Crippen molar-refractivity contribution < 1.29 is 27.4 Å². The number of carbonyl (C=O) groups excluding carboxylic acids is 1. The second-order valence-corrected chi connectivity index (χ2v) is 12.6. The maximum absolute atomic E-state index is 13.2. The van der Waals surface area contributed by atoms with Crippen LogP contribution in [-0.4, -0.2) is 57.8 Å². The van der Waals surface area contributed by atoms with E-state index in [0.717, 1.165) is 41.3 Å². The molecule has 1 N–H and O–H groups in total. The van der Waals surface area contributed by atoms with Crippen LogP contribution >= 0.6 is 11.8 Å². The number of amides is 2. The van der Waals surface area contributed by atoms with Gasteiger partial charge in [-0.15, -0.1) is 18.3 Å². The van der Waals surface area contributed by atoms with Gasteiger partial charge in [0.05, 0.1) is 12.8 Å². The third kappa shape index (κ3) is 8.45. The summed E-state index contributed by atoms with van der Waals surface area (Å²) < 4.78 is 48.3. The average molecular weight is 667 g/mol. The zero-order chi connectivity index (χ0) is 33.7. The maximum atomic E-state index is 13.2. The minimum absolute atomic E-state index is 0.0165. The molecule has 1 aromatic heterocycles. The summed E-state index contributed by atoms with van der Waals surface area (Å²) in [5.74, 6) is 2.07. The van der Waals surface area contributed by atoms with Crippen molar-refractivity contribution in [3.05, 3.63) is 84.2 Å². The number of anilines is 1. The number of methoxy groups -OCH3 is 1. The predicted octanol–water partition coefficient (Wildman–Crippen LogP) is 8.17. The summed E-state index contributed by atoms with van der Waals surface area (Å²) in [5.41, 5.74) is 4.50. The molecule has 0 aliphatic carbocycles. The average Bonchev–Trinajstić information content (AvgIpc) is 3.54. The molecule has 47 heavy (non-hydrogen) atoms. The predicted molar refractivity (Wildman–Crippen MR) is 179 cm³/mol. The summed E-state index contributed by atoms with van der Waals surface area (Å²) in [6, 6.07) is 18.6. The number of aliphatic imine (C=N–C) groups is 1. The zero-order valence-corrected chi connectivity index (χ0v) is 27.6. The van der Waals surface area contributed by atoms with Crippen molar-refractivity contribution in [1.29, 1.82) is 0 Å². The molecule has 3 aromatic carbocycles. The number of nitrogens with one attached hydrogen (secondary N) is 1. The highest BCUT2D eigenvalue weighted by Gasteiger charge is 2.31. The van der Waals surface area contributed by atoms with Crippen LogP contribution in [0.25, 0.3) is 17.1 Å². The summed E-state index contributed by atoms with van der Waals surface area (Å²) in [4.78, 5) is 24.2. The smallest absolute Gasteiger partial charge is 0.497 e. The van der Waals surface area contributed by atoms with E-state index in [0.29, 0.717) is 22.6 Å². The molecule has 0 bridgehead atoms. The van der Waals surface area contributed by atoms with Gasteiger partial charge in [0.25, 0.3) is 0 Å². The molecule has 1 aliphatic heterocycles. The van der Waals surface area contributed by atoms with Crippen molar-refractivity contribution >= 4 is 28.6 Å². The Balaban J connectivity index is 1.24. The molecule has 248 valence electrons. The van der Waals surface area contributed by atoms with Gasteiger partial charge >= 0.3 is 12.4 Å². The first-order valence-corrected chi connectivity index (χ1v) is 16.3. The number of halogens is 3. The van der Waals surface area contributed by atoms with Gasteiger partial charge in [0.15, 0.2) is 11.0 Å². The summed E-state index contributed by atoms with van der Waals surface area (Å²) in [6.45, 7) is 9.05. The Bertz CT molecular complexity index is 1710. The maximum Gasteiger partial charge on any atom is 0.573 e. The van der Waals surface area contributed by atoms with Gasteiger partial charge in [-0.1, -0.05) is 62.9 Å². The highest BCUT2D eigenvalue weighted by molar-refractivity contribution is 8.14. The zero-order valence-electron chi connectivity index (χ0n) is 26.8. The number of benzene rings is 3. The van der Waals surface area contributed by atoms with E-state index in [2.05, 4.69) is 49.9 Å². The molecule has 13 heteroatoms. The lowest BCUT2D eigenvalue weighted by Gasteiger charge is -2.32. The van der Waals surface area contributed by atoms with E-state index in [4.69, 9.17) is 4.74 Å². The standard InChI is InChI=1S/C34H37F3N6O3S/c1-21(2)29-16-15-28(45-5)19-30(29)42-17-6-18-47-33(42)40-32(44)39-23(4)22(3)24-7-9-25(10-8-24)31-38-20-43(41-31)26-11-13-27(14-12-26)46-34(35,36)37/h7-16,19-23H,6,17-18H2,1-5H3,(H,39,44)/b40-33-. The molecule has 2 atom stereocenters. The fourth-order valence-electron chi connectivity index (χ4n) is 5.23. The molecule has 2 amide bonds. The Morgan fingerprint density at radius 2 is 1.70 bits per heavy atom. The van der Waals surface area contributed by atoms with Gasteiger partial charge < -0.3 is 19.7 Å². The fraction of sp³-hybridized carbons (Fsp3) is 0.353. The van der Waals surface area contributed by atoms with Gasteiger partial charge in [-0.2, -0.15) is 4.99 Å². The number of thioether (sulfide) groups is 1. The van der Waals surface area contributed by atoms with E-state index < -0.39 is 12.4 Å². The lowest BCUT2D eigenvalue weighted by molar-refractivity contribution is -0.274. The van der Waals surface area contributed by atoms with E-state index in [1.807, 2.05) is 50.2 Å². The van der Waals surface area contributed by atoms with Crippen LogP contribution < -0.4 is 19.7 Å². The van der Waals surface area contributed by atoms with Crippen molar-refractivity contribution in [1.82, 2.24) is 20.1 Å². The van der Waals surface area contributed by atoms with Crippen LogP contribution in [0.2, 0.25) is 0 Å². The van der Waals surface area contributed by atoms with Gasteiger partial charge in [0.2, 0.25) is 0 Å². The summed E-state index contributed by atoms with van der Waals surface area (Å²) in [6.07, 6.45) is -2.28. The number of rotatable bonds is 9. The Hall–Kier alpha value is -4.52. The Labute approximate surface area is 276 Å². The van der Waals surface area contributed by atoms with Gasteiger partial charge in [0, 0.05) is 41.6 Å². The van der Waals surface area contributed by atoms with Crippen molar-refractivity contribution in [3.8, 4) is 28.6 Å². The number of ether oxygens (including phenoxy) is 2. The van der Waals surface area contributed by atoms with E-state index in [1.54, 1.807) is 18.9 Å². The highest BCUT2D eigenvalue weighted by atomic mass is 32.2. The van der Waals surface area contributed by atoms with Crippen LogP contribution in [0, 0.1) is 0 Å². The molecule has 1 saturated heterocycles. The molecule has 2 unspecified atom stereocenters. The molecule has 5 rings (SSSR count). The molecule has 1 fully saturated rings. The van der Waals surface area contributed by atoms with Crippen molar-refractivity contribution in [2.75, 3.05) is 24.3 Å². The molecule has 2 heterocycles. The third-order valence-electron chi connectivity index (χ3n) is 7.96. The molecule has 4 aromatic rings. The van der Waals surface area contributed by atoms with E-state index in [-0.39, 0.29) is 17.7 Å². The number of hydrogen-bond acceptors (Lipinski definition) is 6. The first kappa shape index (κ1) is 33.8. The molecule has 9 nitrogen and oxygen atoms in total. The molecular weight excluding hydrogens is 629 g/mol. The lowest BCUT2D eigenvalue weighted by atomic mass is 9.93. The van der Waals surface area contributed by atoms with E-state index >= 15 is 0 Å². The van der Waals surface area contributed by atoms with Gasteiger partial charge in [0.1, 0.15) is 17.8 Å². The summed E-state index contributed by atoms with van der Waals surface area (Å²) in [7, 11) is 1.65. The second-order valence-electron chi connectivity index (χ2n) is 11.5. The molecular formula is C34H37F3N6O3S. The first-order chi connectivity index (χ1) is 22.4. The minimum Gasteiger partial charge on any atom is -0.497 e. The lowest BCUT2D eigenvalue weighted by Crippen LogP contribution is -2.39. The van der Waals surface area contributed by atoms with Crippen LogP contribution in [0.15, 0.2) is 78.0 Å². The van der Waals surface area contributed by atoms with Crippen LogP contribution in [0.4, 0.5) is 23.7 Å². The second kappa shape index (κ2) is 14.5. The molecule has 0 saturated carbocycles. The molecule has 0 spiro atoms. The Morgan fingerprint density at radius 1 is 1.00 bits per heavy atom. The topological polar surface area (TPSA) is 93.9 Å². The quantitative estimate of drug-likeness (QED) is 0.193. The largest absolute Gasteiger partial charge is 0.573 e. The molecule has 1 aliphatic rings. The third-order valence-corrected chi connectivity index (χ3v) is 9.02. The number of amidine groups is 1. The van der Waals surface area contributed by atoms with Crippen LogP contribution in [0.1, 0.15) is 57.1 Å². The van der Waals surface area contributed by atoms with Crippen molar-refractivity contribution in [2.45, 2.75) is 58.4 Å². The van der Waals surface area contributed by atoms with Crippen molar-refractivity contribution in [2.24, 2.45) is 4.99 Å². The van der Waals surface area contributed by atoms with Gasteiger partial charge in [-0.25, -0.2) is 14.5 Å². The SMILES string of the molecule is COc1ccc(C(C)C)c(N2CCCS/C2=N\C(=O)NC(C)C(C)c2ccc(-c3ncn(-c4ccc(OC(F)(F)F)cc4)n3)cc2)c1. The minimum atomic E-state index is -4.75. The van der Waals surface area contributed by atoms with Gasteiger partial charge in [-0.3, -0.25) is 0 Å². The van der Waals surface area contributed by atoms with Crippen LogP contribution in [0.3, 0.4) is 0 Å². The van der Waals surface area contributed by atoms with Crippen LogP contribution in [0.5, 0.6) is 11.5 Å². The number of carbonyl (C=O) groups is 1. The van der Waals surface area contributed by atoms with E-state index in [1.165, 1.54) is 40.8 Å². The van der Waals surface area contributed by atoms with E-state index in [9.17, 15) is 18.0 Å².